The van der Waals surface area contributed by atoms with Crippen LogP contribution in [0, 0.1) is 6.92 Å². The van der Waals surface area contributed by atoms with E-state index in [1.807, 2.05) is 44.4 Å². The molecule has 64 valence electrons. The van der Waals surface area contributed by atoms with Crippen LogP contribution in [-0.2, 0) is 0 Å². The summed E-state index contributed by atoms with van der Waals surface area (Å²) in [6, 6.07) is 4.05. The van der Waals surface area contributed by atoms with Crippen molar-refractivity contribution in [3.63, 3.8) is 0 Å². The highest BCUT2D eigenvalue weighted by Crippen LogP contribution is 2.02. The largest absolute Gasteiger partial charge is 0.383 e. The third kappa shape index (κ3) is 2.74. The van der Waals surface area contributed by atoms with Gasteiger partial charge < -0.3 is 4.90 Å². The maximum atomic E-state index is 4.12. The third-order valence-electron chi connectivity index (χ3n) is 1.49. The first-order chi connectivity index (χ1) is 5.68. The van der Waals surface area contributed by atoms with Crippen molar-refractivity contribution in [3.8, 4) is 0 Å². The lowest BCUT2D eigenvalue weighted by Gasteiger charge is -2.02. The van der Waals surface area contributed by atoms with Gasteiger partial charge in [0.2, 0.25) is 0 Å². The van der Waals surface area contributed by atoms with Crippen LogP contribution in [0.15, 0.2) is 24.5 Å². The Kier molecular flexibility index (Phi) is 2.86. The van der Waals surface area contributed by atoms with Crippen LogP contribution < -0.4 is 0 Å². The second kappa shape index (κ2) is 3.90. The average Bonchev–Trinajstić information content (AvgIpc) is 2.01. The van der Waals surface area contributed by atoms with Crippen LogP contribution >= 0.6 is 0 Å². The SMILES string of the molecule is Cc1cc(/C=C/N(C)C)ccn1. The van der Waals surface area contributed by atoms with E-state index in [4.69, 9.17) is 0 Å². The van der Waals surface area contributed by atoms with Gasteiger partial charge in [-0.05, 0) is 36.9 Å². The van der Waals surface area contributed by atoms with Crippen molar-refractivity contribution in [1.82, 2.24) is 9.88 Å². The molecule has 1 heterocycles. The normalized spacial score (nSPS) is 10.6. The van der Waals surface area contributed by atoms with Crippen molar-refractivity contribution in [2.24, 2.45) is 0 Å². The van der Waals surface area contributed by atoms with Crippen LogP contribution in [0.5, 0.6) is 0 Å². The molecule has 0 unspecified atom stereocenters. The fourth-order valence-corrected chi connectivity index (χ4v) is 0.906. The molecule has 0 aromatic carbocycles. The molecule has 0 radical (unpaired) electrons. The van der Waals surface area contributed by atoms with Gasteiger partial charge in [-0.25, -0.2) is 0 Å². The second-order valence-electron chi connectivity index (χ2n) is 3.01. The summed E-state index contributed by atoms with van der Waals surface area (Å²) in [6.45, 7) is 1.99. The van der Waals surface area contributed by atoms with Crippen molar-refractivity contribution >= 4 is 6.08 Å². The van der Waals surface area contributed by atoms with Gasteiger partial charge in [0, 0.05) is 26.0 Å². The summed E-state index contributed by atoms with van der Waals surface area (Å²) in [5.74, 6) is 0. The monoisotopic (exact) mass is 162 g/mol. The predicted octanol–water partition coefficient (Wildman–Crippen LogP) is 1.92. The van der Waals surface area contributed by atoms with E-state index in [1.54, 1.807) is 0 Å². The van der Waals surface area contributed by atoms with E-state index in [1.165, 1.54) is 5.56 Å². The van der Waals surface area contributed by atoms with Gasteiger partial charge >= 0.3 is 0 Å². The Morgan fingerprint density at radius 2 is 2.17 bits per heavy atom. The molecule has 0 atom stereocenters. The highest BCUT2D eigenvalue weighted by atomic mass is 15.0. The molecule has 0 aliphatic rings. The first-order valence-corrected chi connectivity index (χ1v) is 3.96. The van der Waals surface area contributed by atoms with Crippen LogP contribution in [0.2, 0.25) is 0 Å². The quantitative estimate of drug-likeness (QED) is 0.660. The second-order valence-corrected chi connectivity index (χ2v) is 3.01. The van der Waals surface area contributed by atoms with Gasteiger partial charge in [0.15, 0.2) is 0 Å². The Hall–Kier alpha value is -1.31. The van der Waals surface area contributed by atoms with Crippen LogP contribution in [-0.4, -0.2) is 24.0 Å². The van der Waals surface area contributed by atoms with Gasteiger partial charge in [0.1, 0.15) is 0 Å². The molecule has 0 fully saturated rings. The Labute approximate surface area is 73.5 Å². The van der Waals surface area contributed by atoms with Gasteiger partial charge in [-0.2, -0.15) is 0 Å². The van der Waals surface area contributed by atoms with Gasteiger partial charge in [-0.15, -0.1) is 0 Å². The van der Waals surface area contributed by atoms with Crippen LogP contribution in [0.25, 0.3) is 6.08 Å². The highest BCUT2D eigenvalue weighted by Gasteiger charge is 1.87. The number of aryl methyl sites for hydroxylation is 1. The molecule has 0 aliphatic carbocycles. The maximum Gasteiger partial charge on any atom is 0.0378 e. The van der Waals surface area contributed by atoms with E-state index in [-0.39, 0.29) is 0 Å². The number of rotatable bonds is 2. The van der Waals surface area contributed by atoms with E-state index >= 15 is 0 Å². The molecule has 2 heteroatoms. The van der Waals surface area contributed by atoms with Crippen molar-refractivity contribution in [2.45, 2.75) is 6.92 Å². The summed E-state index contributed by atoms with van der Waals surface area (Å²) < 4.78 is 0. The summed E-state index contributed by atoms with van der Waals surface area (Å²) >= 11 is 0. The summed E-state index contributed by atoms with van der Waals surface area (Å²) in [5.41, 5.74) is 2.24. The molecule has 1 aromatic heterocycles. The number of aromatic nitrogens is 1. The molecule has 0 spiro atoms. The summed E-state index contributed by atoms with van der Waals surface area (Å²) in [5, 5.41) is 0. The van der Waals surface area contributed by atoms with Crippen molar-refractivity contribution in [3.05, 3.63) is 35.8 Å². The Morgan fingerprint density at radius 3 is 2.75 bits per heavy atom. The maximum absolute atomic E-state index is 4.12. The number of nitrogens with zero attached hydrogens (tertiary/aromatic N) is 2. The van der Waals surface area contributed by atoms with E-state index in [0.29, 0.717) is 0 Å². The van der Waals surface area contributed by atoms with E-state index in [2.05, 4.69) is 17.1 Å². The highest BCUT2D eigenvalue weighted by molar-refractivity contribution is 5.48. The first-order valence-electron chi connectivity index (χ1n) is 3.96. The zero-order valence-corrected chi connectivity index (χ0v) is 7.78. The van der Waals surface area contributed by atoms with Gasteiger partial charge in [-0.3, -0.25) is 4.98 Å². The standard InChI is InChI=1S/C10H14N2/c1-9-8-10(4-6-11-9)5-7-12(2)3/h4-8H,1-3H3/b7-5+. The Balaban J connectivity index is 2.76. The predicted molar refractivity (Wildman–Crippen MR) is 51.7 cm³/mol. The molecule has 2 nitrogen and oxygen atoms in total. The smallest absolute Gasteiger partial charge is 0.0378 e. The van der Waals surface area contributed by atoms with Crippen LogP contribution in [0.4, 0.5) is 0 Å². The topological polar surface area (TPSA) is 16.1 Å². The molecule has 12 heavy (non-hydrogen) atoms. The van der Waals surface area contributed by atoms with Crippen molar-refractivity contribution in [1.29, 1.82) is 0 Å². The van der Waals surface area contributed by atoms with Gasteiger partial charge in [0.25, 0.3) is 0 Å². The molecule has 0 N–H and O–H groups in total. The minimum atomic E-state index is 1.05. The molecule has 0 saturated carbocycles. The number of hydrogen-bond acceptors (Lipinski definition) is 2. The minimum absolute atomic E-state index is 1.05. The van der Waals surface area contributed by atoms with Crippen molar-refractivity contribution < 1.29 is 0 Å². The molecule has 1 aromatic rings. The third-order valence-corrected chi connectivity index (χ3v) is 1.49. The summed E-state index contributed by atoms with van der Waals surface area (Å²) in [7, 11) is 4.01. The summed E-state index contributed by atoms with van der Waals surface area (Å²) in [6.07, 6.45) is 5.91. The van der Waals surface area contributed by atoms with Gasteiger partial charge in [0.05, 0.1) is 0 Å². The molecule has 0 saturated heterocycles. The van der Waals surface area contributed by atoms with E-state index in [9.17, 15) is 0 Å². The Morgan fingerprint density at radius 1 is 1.42 bits per heavy atom. The lowest BCUT2D eigenvalue weighted by molar-refractivity contribution is 0.567. The molecule has 0 amide bonds. The minimum Gasteiger partial charge on any atom is -0.383 e. The number of pyridine rings is 1. The van der Waals surface area contributed by atoms with Gasteiger partial charge in [-0.1, -0.05) is 0 Å². The zero-order chi connectivity index (χ0) is 8.97. The fourth-order valence-electron chi connectivity index (χ4n) is 0.906. The average molecular weight is 162 g/mol. The van der Waals surface area contributed by atoms with E-state index < -0.39 is 0 Å². The first kappa shape index (κ1) is 8.78. The molecule has 0 bridgehead atoms. The molecule has 0 aliphatic heterocycles. The Bertz CT molecular complexity index is 277. The molecular weight excluding hydrogens is 148 g/mol. The number of hydrogen-bond donors (Lipinski definition) is 0. The molecular formula is C10H14N2. The van der Waals surface area contributed by atoms with Crippen LogP contribution in [0.1, 0.15) is 11.3 Å². The fraction of sp³-hybridized carbons (Fsp3) is 0.300. The van der Waals surface area contributed by atoms with E-state index in [0.717, 1.165) is 5.69 Å². The molecule has 1 rings (SSSR count). The van der Waals surface area contributed by atoms with Crippen LogP contribution in [0.3, 0.4) is 0 Å². The summed E-state index contributed by atoms with van der Waals surface area (Å²) in [4.78, 5) is 6.13. The lowest BCUT2D eigenvalue weighted by Crippen LogP contribution is -1.99. The van der Waals surface area contributed by atoms with Crippen molar-refractivity contribution in [2.75, 3.05) is 14.1 Å². The lowest BCUT2D eigenvalue weighted by atomic mass is 10.2. The zero-order valence-electron chi connectivity index (χ0n) is 7.78.